The van der Waals surface area contributed by atoms with Crippen molar-refractivity contribution in [3.8, 4) is 0 Å². The molecule has 0 rings (SSSR count). The highest BCUT2D eigenvalue weighted by Gasteiger charge is 2.04. The first-order chi connectivity index (χ1) is 8.08. The summed E-state index contributed by atoms with van der Waals surface area (Å²) in [6.45, 7) is 10.3. The van der Waals surface area contributed by atoms with E-state index in [1.54, 1.807) is 6.21 Å². The molecule has 0 atom stereocenters. The van der Waals surface area contributed by atoms with Crippen LogP contribution in [0.1, 0.15) is 53.9 Å². The standard InChI is InChI=1S/C15H26N2/c1-6-9-10-11-14(13(5)17-8-3)15(16)12(4)7-2/h8,10-11H,6-7,9,16H2,1-5H3/b11-10-,14-13-,15-12-,17-8?. The number of hydrogen-bond donors (Lipinski definition) is 1. The van der Waals surface area contributed by atoms with Crippen molar-refractivity contribution < 1.29 is 0 Å². The van der Waals surface area contributed by atoms with Gasteiger partial charge in [0.1, 0.15) is 0 Å². The lowest BCUT2D eigenvalue weighted by Crippen LogP contribution is -2.04. The summed E-state index contributed by atoms with van der Waals surface area (Å²) >= 11 is 0. The van der Waals surface area contributed by atoms with Gasteiger partial charge in [0, 0.05) is 23.2 Å². The van der Waals surface area contributed by atoms with E-state index >= 15 is 0 Å². The SMILES string of the molecule is CC=N/C(C)=C(/C=C\CCC)C(\N)=C(/C)CC. The minimum Gasteiger partial charge on any atom is -0.398 e. The summed E-state index contributed by atoms with van der Waals surface area (Å²) in [5.74, 6) is 0. The first-order valence-electron chi connectivity index (χ1n) is 6.40. The largest absolute Gasteiger partial charge is 0.398 e. The first-order valence-corrected chi connectivity index (χ1v) is 6.40. The van der Waals surface area contributed by atoms with Gasteiger partial charge < -0.3 is 5.73 Å². The molecule has 0 aliphatic heterocycles. The molecule has 0 bridgehead atoms. The second kappa shape index (κ2) is 8.80. The van der Waals surface area contributed by atoms with Gasteiger partial charge in [-0.1, -0.05) is 32.4 Å². The molecule has 0 unspecified atom stereocenters. The second-order valence-electron chi connectivity index (χ2n) is 4.12. The molecule has 0 fully saturated rings. The van der Waals surface area contributed by atoms with Gasteiger partial charge in [0.25, 0.3) is 0 Å². The predicted molar refractivity (Wildman–Crippen MR) is 78.1 cm³/mol. The minimum atomic E-state index is 0.864. The summed E-state index contributed by atoms with van der Waals surface area (Å²) in [5, 5.41) is 0. The summed E-state index contributed by atoms with van der Waals surface area (Å²) in [6, 6.07) is 0. The average molecular weight is 234 g/mol. The van der Waals surface area contributed by atoms with Gasteiger partial charge in [-0.05, 0) is 39.2 Å². The van der Waals surface area contributed by atoms with Crippen molar-refractivity contribution in [3.05, 3.63) is 34.7 Å². The van der Waals surface area contributed by atoms with E-state index in [0.717, 1.165) is 36.2 Å². The minimum absolute atomic E-state index is 0.864. The molecule has 0 aliphatic rings. The van der Waals surface area contributed by atoms with Gasteiger partial charge in [0.05, 0.1) is 0 Å². The van der Waals surface area contributed by atoms with Crippen LogP contribution in [-0.4, -0.2) is 6.21 Å². The number of nitrogens with two attached hydrogens (primary N) is 1. The Morgan fingerprint density at radius 3 is 2.35 bits per heavy atom. The number of aliphatic imine (C=N–C) groups is 1. The zero-order chi connectivity index (χ0) is 13.3. The predicted octanol–water partition coefficient (Wildman–Crippen LogP) is 4.35. The Morgan fingerprint density at radius 2 is 1.88 bits per heavy atom. The number of rotatable bonds is 6. The molecule has 0 heterocycles. The Labute approximate surface area is 106 Å². The van der Waals surface area contributed by atoms with Gasteiger partial charge in [0.15, 0.2) is 0 Å². The van der Waals surface area contributed by atoms with E-state index in [0.29, 0.717) is 0 Å². The van der Waals surface area contributed by atoms with Crippen molar-refractivity contribution in [2.75, 3.05) is 0 Å². The first kappa shape index (κ1) is 15.7. The van der Waals surface area contributed by atoms with E-state index in [4.69, 9.17) is 5.73 Å². The Hall–Kier alpha value is -1.31. The Morgan fingerprint density at radius 1 is 1.24 bits per heavy atom. The molecule has 96 valence electrons. The lowest BCUT2D eigenvalue weighted by Gasteiger charge is -2.09. The Bertz CT molecular complexity index is 344. The smallest absolute Gasteiger partial charge is 0.0461 e. The van der Waals surface area contributed by atoms with Crippen molar-refractivity contribution in [3.63, 3.8) is 0 Å². The third-order valence-corrected chi connectivity index (χ3v) is 2.73. The monoisotopic (exact) mass is 234 g/mol. The van der Waals surface area contributed by atoms with Crippen LogP contribution in [0.3, 0.4) is 0 Å². The number of nitrogens with zero attached hydrogens (tertiary/aromatic N) is 1. The van der Waals surface area contributed by atoms with Gasteiger partial charge >= 0.3 is 0 Å². The van der Waals surface area contributed by atoms with E-state index in [9.17, 15) is 0 Å². The second-order valence-corrected chi connectivity index (χ2v) is 4.12. The van der Waals surface area contributed by atoms with Gasteiger partial charge in [0.2, 0.25) is 0 Å². The number of hydrogen-bond acceptors (Lipinski definition) is 2. The fourth-order valence-corrected chi connectivity index (χ4v) is 1.46. The lowest BCUT2D eigenvalue weighted by atomic mass is 10.0. The van der Waals surface area contributed by atoms with Crippen LogP contribution >= 0.6 is 0 Å². The molecule has 0 aromatic carbocycles. The normalized spacial score (nSPS) is 15.4. The molecular formula is C15H26N2. The van der Waals surface area contributed by atoms with E-state index in [2.05, 4.69) is 37.9 Å². The van der Waals surface area contributed by atoms with E-state index < -0.39 is 0 Å². The van der Waals surface area contributed by atoms with E-state index in [-0.39, 0.29) is 0 Å². The summed E-state index contributed by atoms with van der Waals surface area (Å²) < 4.78 is 0. The zero-order valence-corrected chi connectivity index (χ0v) is 11.9. The summed E-state index contributed by atoms with van der Waals surface area (Å²) in [5.41, 5.74) is 10.3. The van der Waals surface area contributed by atoms with Gasteiger partial charge in [-0.25, -0.2) is 0 Å². The van der Waals surface area contributed by atoms with Gasteiger partial charge in [-0.15, -0.1) is 0 Å². The highest BCUT2D eigenvalue weighted by Crippen LogP contribution is 2.18. The van der Waals surface area contributed by atoms with Crippen LogP contribution in [0.15, 0.2) is 39.7 Å². The quantitative estimate of drug-likeness (QED) is 0.538. The van der Waals surface area contributed by atoms with E-state index in [1.165, 1.54) is 5.57 Å². The molecule has 2 heteroatoms. The average Bonchev–Trinajstić information content (AvgIpc) is 2.33. The molecule has 0 saturated heterocycles. The maximum absolute atomic E-state index is 6.18. The van der Waals surface area contributed by atoms with Gasteiger partial charge in [-0.3, -0.25) is 4.99 Å². The van der Waals surface area contributed by atoms with Crippen molar-refractivity contribution in [1.29, 1.82) is 0 Å². The molecular weight excluding hydrogens is 208 g/mol. The van der Waals surface area contributed by atoms with Crippen LogP contribution in [0.4, 0.5) is 0 Å². The molecule has 0 aliphatic carbocycles. The van der Waals surface area contributed by atoms with Crippen LogP contribution in [0.2, 0.25) is 0 Å². The van der Waals surface area contributed by atoms with Crippen molar-refractivity contribution in [1.82, 2.24) is 0 Å². The fourth-order valence-electron chi connectivity index (χ4n) is 1.46. The topological polar surface area (TPSA) is 38.4 Å². The molecule has 0 radical (unpaired) electrons. The van der Waals surface area contributed by atoms with Crippen LogP contribution in [-0.2, 0) is 0 Å². The molecule has 2 N–H and O–H groups in total. The highest BCUT2D eigenvalue weighted by atomic mass is 14.7. The molecule has 0 aromatic heterocycles. The maximum atomic E-state index is 6.18. The van der Waals surface area contributed by atoms with Crippen LogP contribution in [0.25, 0.3) is 0 Å². The molecule has 17 heavy (non-hydrogen) atoms. The van der Waals surface area contributed by atoms with Crippen LogP contribution in [0, 0.1) is 0 Å². The van der Waals surface area contributed by atoms with Crippen molar-refractivity contribution in [2.24, 2.45) is 10.7 Å². The molecule has 2 nitrogen and oxygen atoms in total. The summed E-state index contributed by atoms with van der Waals surface area (Å²) in [4.78, 5) is 4.33. The Balaban J connectivity index is 5.34. The molecule has 0 spiro atoms. The van der Waals surface area contributed by atoms with Crippen LogP contribution < -0.4 is 5.73 Å². The number of allylic oxidation sites excluding steroid dienone is 4. The van der Waals surface area contributed by atoms with E-state index in [1.807, 2.05) is 13.8 Å². The third kappa shape index (κ3) is 5.53. The highest BCUT2D eigenvalue weighted by molar-refractivity contribution is 5.57. The van der Waals surface area contributed by atoms with Crippen molar-refractivity contribution >= 4 is 6.21 Å². The maximum Gasteiger partial charge on any atom is 0.0461 e. The number of unbranched alkanes of at least 4 members (excludes halogenated alkanes) is 1. The molecule has 0 amide bonds. The molecule has 0 saturated carbocycles. The van der Waals surface area contributed by atoms with Gasteiger partial charge in [-0.2, -0.15) is 0 Å². The summed E-state index contributed by atoms with van der Waals surface area (Å²) in [6.07, 6.45) is 9.26. The summed E-state index contributed by atoms with van der Waals surface area (Å²) in [7, 11) is 0. The fraction of sp³-hybridized carbons (Fsp3) is 0.533. The zero-order valence-electron chi connectivity index (χ0n) is 11.9. The van der Waals surface area contributed by atoms with Crippen LogP contribution in [0.5, 0.6) is 0 Å². The third-order valence-electron chi connectivity index (χ3n) is 2.73. The van der Waals surface area contributed by atoms with Crippen molar-refractivity contribution in [2.45, 2.75) is 53.9 Å². The lowest BCUT2D eigenvalue weighted by molar-refractivity contribution is 0.956. The molecule has 0 aromatic rings. The Kier molecular flexibility index (Phi) is 8.12.